The summed E-state index contributed by atoms with van der Waals surface area (Å²) in [5, 5.41) is 10.5. The van der Waals surface area contributed by atoms with E-state index in [4.69, 9.17) is 12.2 Å². The fourth-order valence-electron chi connectivity index (χ4n) is 2.62. The number of nitrogens with zero attached hydrogens (tertiary/aromatic N) is 2. The lowest BCUT2D eigenvalue weighted by atomic mass is 10.0. The molecule has 1 N–H and O–H groups in total. The van der Waals surface area contributed by atoms with Gasteiger partial charge in [-0.05, 0) is 6.07 Å². The molecule has 2 aromatic carbocycles. The van der Waals surface area contributed by atoms with Crippen LogP contribution in [0, 0.1) is 4.64 Å². The lowest BCUT2D eigenvalue weighted by molar-refractivity contribution is 1.04. The van der Waals surface area contributed by atoms with Gasteiger partial charge in [0.2, 0.25) is 0 Å². The van der Waals surface area contributed by atoms with Gasteiger partial charge in [0.25, 0.3) is 0 Å². The summed E-state index contributed by atoms with van der Waals surface area (Å²) < 4.78 is 0.655. The van der Waals surface area contributed by atoms with Crippen LogP contribution in [0.5, 0.6) is 0 Å². The standard InChI is InChI=1S/C17H11N3S/c21-17-13-8-2-1-7-12(13)16(19-20-17)14-9-3-5-11-6-4-10-18-15(11)14/h1-10H,(H,20,21). The van der Waals surface area contributed by atoms with Gasteiger partial charge in [-0.15, -0.1) is 0 Å². The van der Waals surface area contributed by atoms with Crippen molar-refractivity contribution in [1.82, 2.24) is 15.2 Å². The summed E-state index contributed by atoms with van der Waals surface area (Å²) >= 11 is 5.33. The van der Waals surface area contributed by atoms with Crippen molar-refractivity contribution in [3.05, 3.63) is 65.4 Å². The Bertz CT molecular complexity index is 1020. The summed E-state index contributed by atoms with van der Waals surface area (Å²) in [7, 11) is 0. The van der Waals surface area contributed by atoms with Crippen LogP contribution in [0.2, 0.25) is 0 Å². The highest BCUT2D eigenvalue weighted by Crippen LogP contribution is 2.30. The molecule has 0 atom stereocenters. The minimum atomic E-state index is 0.655. The number of pyridine rings is 1. The molecular formula is C17H11N3S. The van der Waals surface area contributed by atoms with Gasteiger partial charge < -0.3 is 0 Å². The average molecular weight is 289 g/mol. The first-order valence-corrected chi connectivity index (χ1v) is 7.07. The van der Waals surface area contributed by atoms with Crippen LogP contribution in [-0.4, -0.2) is 15.2 Å². The minimum Gasteiger partial charge on any atom is -0.267 e. The molecule has 2 aromatic heterocycles. The zero-order valence-electron chi connectivity index (χ0n) is 11.1. The molecule has 0 unspecified atom stereocenters. The van der Waals surface area contributed by atoms with E-state index in [2.05, 4.69) is 27.3 Å². The highest BCUT2D eigenvalue weighted by atomic mass is 32.1. The van der Waals surface area contributed by atoms with Gasteiger partial charge >= 0.3 is 0 Å². The summed E-state index contributed by atoms with van der Waals surface area (Å²) in [6.07, 6.45) is 1.80. The number of hydrogen-bond donors (Lipinski definition) is 1. The summed E-state index contributed by atoms with van der Waals surface area (Å²) in [6.45, 7) is 0. The van der Waals surface area contributed by atoms with Crippen molar-refractivity contribution in [1.29, 1.82) is 0 Å². The largest absolute Gasteiger partial charge is 0.267 e. The summed E-state index contributed by atoms with van der Waals surface area (Å²) in [4.78, 5) is 4.51. The van der Waals surface area contributed by atoms with Crippen molar-refractivity contribution in [2.24, 2.45) is 0 Å². The minimum absolute atomic E-state index is 0.655. The lowest BCUT2D eigenvalue weighted by Gasteiger charge is -2.08. The van der Waals surface area contributed by atoms with E-state index in [1.54, 1.807) is 6.20 Å². The highest BCUT2D eigenvalue weighted by molar-refractivity contribution is 7.71. The molecular weight excluding hydrogens is 278 g/mol. The van der Waals surface area contributed by atoms with Gasteiger partial charge in [-0.2, -0.15) is 5.10 Å². The number of aromatic nitrogens is 3. The van der Waals surface area contributed by atoms with E-state index in [1.807, 2.05) is 42.5 Å². The number of aromatic amines is 1. The van der Waals surface area contributed by atoms with Crippen LogP contribution < -0.4 is 0 Å². The first-order valence-electron chi connectivity index (χ1n) is 6.66. The Hall–Kier alpha value is -2.59. The Morgan fingerprint density at radius 3 is 2.57 bits per heavy atom. The van der Waals surface area contributed by atoms with Gasteiger partial charge in [-0.3, -0.25) is 10.1 Å². The maximum absolute atomic E-state index is 5.33. The summed E-state index contributed by atoms with van der Waals surface area (Å²) in [5.41, 5.74) is 2.84. The Labute approximate surface area is 126 Å². The average Bonchev–Trinajstić information content (AvgIpc) is 2.55. The van der Waals surface area contributed by atoms with Crippen LogP contribution in [0.25, 0.3) is 32.9 Å². The quantitative estimate of drug-likeness (QED) is 0.524. The zero-order chi connectivity index (χ0) is 14.2. The first-order chi connectivity index (χ1) is 10.3. The predicted molar refractivity (Wildman–Crippen MR) is 87.7 cm³/mol. The van der Waals surface area contributed by atoms with Gasteiger partial charge in [0, 0.05) is 27.9 Å². The first kappa shape index (κ1) is 12.2. The third-order valence-corrected chi connectivity index (χ3v) is 3.90. The predicted octanol–water partition coefficient (Wildman–Crippen LogP) is 4.51. The van der Waals surface area contributed by atoms with Gasteiger partial charge in [0.05, 0.1) is 5.52 Å². The molecule has 0 amide bonds. The Kier molecular flexibility index (Phi) is 2.75. The van der Waals surface area contributed by atoms with E-state index in [0.29, 0.717) is 4.64 Å². The molecule has 4 aromatic rings. The fourth-order valence-corrected chi connectivity index (χ4v) is 2.84. The molecule has 4 heteroatoms. The van der Waals surface area contributed by atoms with Crippen LogP contribution in [0.15, 0.2) is 60.8 Å². The van der Waals surface area contributed by atoms with E-state index in [9.17, 15) is 0 Å². The van der Waals surface area contributed by atoms with E-state index in [1.165, 1.54) is 0 Å². The van der Waals surface area contributed by atoms with Crippen molar-refractivity contribution in [3.63, 3.8) is 0 Å². The molecule has 0 aliphatic rings. The number of nitrogens with one attached hydrogen (secondary N) is 1. The second-order valence-electron chi connectivity index (χ2n) is 4.83. The SMILES string of the molecule is S=c1[nH]nc(-c2cccc3cccnc23)c2ccccc12. The Morgan fingerprint density at radius 2 is 1.67 bits per heavy atom. The third-order valence-electron chi connectivity index (χ3n) is 3.58. The van der Waals surface area contributed by atoms with Crippen LogP contribution in [0.4, 0.5) is 0 Å². The molecule has 0 aliphatic carbocycles. The number of hydrogen-bond acceptors (Lipinski definition) is 3. The maximum atomic E-state index is 5.33. The molecule has 0 bridgehead atoms. The third kappa shape index (κ3) is 1.92. The topological polar surface area (TPSA) is 41.6 Å². The molecule has 4 rings (SSSR count). The lowest BCUT2D eigenvalue weighted by Crippen LogP contribution is -1.93. The Morgan fingerprint density at radius 1 is 0.857 bits per heavy atom. The van der Waals surface area contributed by atoms with Crippen molar-refractivity contribution in [2.45, 2.75) is 0 Å². The van der Waals surface area contributed by atoms with E-state index in [-0.39, 0.29) is 0 Å². The molecule has 0 saturated heterocycles. The van der Waals surface area contributed by atoms with Crippen LogP contribution >= 0.6 is 12.2 Å². The number of rotatable bonds is 1. The normalized spacial score (nSPS) is 11.0. The molecule has 21 heavy (non-hydrogen) atoms. The van der Waals surface area contributed by atoms with Crippen LogP contribution in [-0.2, 0) is 0 Å². The van der Waals surface area contributed by atoms with Gasteiger partial charge in [0.15, 0.2) is 0 Å². The number of para-hydroxylation sites is 1. The molecule has 100 valence electrons. The fraction of sp³-hybridized carbons (Fsp3) is 0. The van der Waals surface area contributed by atoms with Crippen LogP contribution in [0.3, 0.4) is 0 Å². The zero-order valence-corrected chi connectivity index (χ0v) is 11.9. The number of fused-ring (bicyclic) bond motifs is 2. The second kappa shape index (κ2) is 4.75. The molecule has 0 saturated carbocycles. The smallest absolute Gasteiger partial charge is 0.127 e. The van der Waals surface area contributed by atoms with Crippen molar-refractivity contribution >= 4 is 33.9 Å². The Balaban J connectivity index is 2.15. The maximum Gasteiger partial charge on any atom is 0.127 e. The molecule has 2 heterocycles. The van der Waals surface area contributed by atoms with E-state index >= 15 is 0 Å². The molecule has 0 radical (unpaired) electrons. The summed E-state index contributed by atoms with van der Waals surface area (Å²) in [5.74, 6) is 0. The monoisotopic (exact) mass is 289 g/mol. The number of benzene rings is 2. The molecule has 0 aliphatic heterocycles. The molecule has 0 fully saturated rings. The second-order valence-corrected chi connectivity index (χ2v) is 5.24. The van der Waals surface area contributed by atoms with Gasteiger partial charge in [-0.25, -0.2) is 0 Å². The van der Waals surface area contributed by atoms with Crippen LogP contribution in [0.1, 0.15) is 0 Å². The summed E-state index contributed by atoms with van der Waals surface area (Å²) in [6, 6.07) is 18.2. The number of H-pyrrole nitrogens is 1. The van der Waals surface area contributed by atoms with Crippen molar-refractivity contribution in [2.75, 3.05) is 0 Å². The molecule has 3 nitrogen and oxygen atoms in total. The van der Waals surface area contributed by atoms with Gasteiger partial charge in [0.1, 0.15) is 10.3 Å². The van der Waals surface area contributed by atoms with E-state index < -0.39 is 0 Å². The molecule has 0 spiro atoms. The van der Waals surface area contributed by atoms with Crippen molar-refractivity contribution in [3.8, 4) is 11.3 Å². The van der Waals surface area contributed by atoms with Crippen molar-refractivity contribution < 1.29 is 0 Å². The highest BCUT2D eigenvalue weighted by Gasteiger charge is 2.10. The van der Waals surface area contributed by atoms with E-state index in [0.717, 1.165) is 32.9 Å². The van der Waals surface area contributed by atoms with Gasteiger partial charge in [-0.1, -0.05) is 60.7 Å².